The van der Waals surface area contributed by atoms with Gasteiger partial charge in [0.25, 0.3) is 0 Å². The van der Waals surface area contributed by atoms with Gasteiger partial charge < -0.3 is 14.6 Å². The summed E-state index contributed by atoms with van der Waals surface area (Å²) < 4.78 is 11.2. The molecule has 0 saturated heterocycles. The topological polar surface area (TPSA) is 55.8 Å². The molecule has 2 rings (SSSR count). The fraction of sp³-hybridized carbons (Fsp3) is 0.350. The molecule has 4 nitrogen and oxygen atoms in total. The van der Waals surface area contributed by atoms with Crippen molar-refractivity contribution in [1.29, 1.82) is 0 Å². The SMILES string of the molecule is CCC(C)(C)c1ccc(OCCOc2ccccc2C(=O)O)cc1. The van der Waals surface area contributed by atoms with Crippen LogP contribution in [-0.2, 0) is 5.41 Å². The van der Waals surface area contributed by atoms with Gasteiger partial charge in [-0.3, -0.25) is 0 Å². The van der Waals surface area contributed by atoms with Crippen molar-refractivity contribution in [3.63, 3.8) is 0 Å². The molecule has 0 aliphatic carbocycles. The molecule has 0 saturated carbocycles. The first-order chi connectivity index (χ1) is 11.4. The van der Waals surface area contributed by atoms with Crippen LogP contribution in [0.4, 0.5) is 0 Å². The molecule has 128 valence electrons. The third-order valence-electron chi connectivity index (χ3n) is 4.25. The number of carboxylic acid groups (broad SMARTS) is 1. The molecule has 0 aromatic heterocycles. The number of rotatable bonds is 8. The molecule has 1 N–H and O–H groups in total. The molecule has 0 amide bonds. The van der Waals surface area contributed by atoms with Crippen LogP contribution >= 0.6 is 0 Å². The lowest BCUT2D eigenvalue weighted by atomic mass is 9.82. The van der Waals surface area contributed by atoms with Gasteiger partial charge in [0.2, 0.25) is 0 Å². The van der Waals surface area contributed by atoms with Gasteiger partial charge in [0.05, 0.1) is 0 Å². The van der Waals surface area contributed by atoms with Gasteiger partial charge in [-0.25, -0.2) is 4.79 Å². The Bertz CT molecular complexity index is 674. The number of hydrogen-bond donors (Lipinski definition) is 1. The third-order valence-corrected chi connectivity index (χ3v) is 4.25. The summed E-state index contributed by atoms with van der Waals surface area (Å²) in [6.07, 6.45) is 1.07. The van der Waals surface area contributed by atoms with Crippen molar-refractivity contribution in [3.05, 3.63) is 59.7 Å². The molecule has 4 heteroatoms. The Morgan fingerprint density at radius 1 is 1.00 bits per heavy atom. The van der Waals surface area contributed by atoms with Crippen LogP contribution in [0.3, 0.4) is 0 Å². The number of ether oxygens (including phenoxy) is 2. The molecule has 0 atom stereocenters. The largest absolute Gasteiger partial charge is 0.490 e. The quantitative estimate of drug-likeness (QED) is 0.723. The highest BCUT2D eigenvalue weighted by Gasteiger charge is 2.17. The van der Waals surface area contributed by atoms with Crippen molar-refractivity contribution in [1.82, 2.24) is 0 Å². The van der Waals surface area contributed by atoms with Gasteiger partial charge in [-0.05, 0) is 41.7 Å². The lowest BCUT2D eigenvalue weighted by Crippen LogP contribution is -2.15. The molecule has 24 heavy (non-hydrogen) atoms. The van der Waals surface area contributed by atoms with Gasteiger partial charge in [0.1, 0.15) is 30.3 Å². The van der Waals surface area contributed by atoms with Gasteiger partial charge in [0, 0.05) is 0 Å². The summed E-state index contributed by atoms with van der Waals surface area (Å²) in [5.74, 6) is 0.134. The second-order valence-electron chi connectivity index (χ2n) is 6.26. The predicted molar refractivity (Wildman–Crippen MR) is 94.2 cm³/mol. The molecule has 0 unspecified atom stereocenters. The number of aromatic carboxylic acids is 1. The van der Waals surface area contributed by atoms with Crippen LogP contribution in [0.5, 0.6) is 11.5 Å². The Kier molecular flexibility index (Phi) is 5.85. The lowest BCUT2D eigenvalue weighted by Gasteiger charge is -2.23. The van der Waals surface area contributed by atoms with E-state index in [0.29, 0.717) is 12.4 Å². The average Bonchev–Trinajstić information content (AvgIpc) is 2.59. The van der Waals surface area contributed by atoms with Crippen molar-refractivity contribution >= 4 is 5.97 Å². The Balaban J connectivity index is 1.86. The normalized spacial score (nSPS) is 11.1. The van der Waals surface area contributed by atoms with Crippen LogP contribution in [-0.4, -0.2) is 24.3 Å². The Labute approximate surface area is 143 Å². The van der Waals surface area contributed by atoms with Crippen LogP contribution in [0.2, 0.25) is 0 Å². The van der Waals surface area contributed by atoms with E-state index in [2.05, 4.69) is 32.9 Å². The highest BCUT2D eigenvalue weighted by atomic mass is 16.5. The molecule has 0 fully saturated rings. The first-order valence-corrected chi connectivity index (χ1v) is 8.12. The van der Waals surface area contributed by atoms with E-state index in [1.165, 1.54) is 11.6 Å². The van der Waals surface area contributed by atoms with Crippen molar-refractivity contribution < 1.29 is 19.4 Å². The average molecular weight is 328 g/mol. The van der Waals surface area contributed by atoms with Crippen LogP contribution in [0.25, 0.3) is 0 Å². The molecule has 0 spiro atoms. The standard InChI is InChI=1S/C20H24O4/c1-4-20(2,3)15-9-11-16(12-10-15)23-13-14-24-18-8-6-5-7-17(18)19(21)22/h5-12H,4,13-14H2,1-3H3,(H,21,22). The second kappa shape index (κ2) is 7.86. The summed E-state index contributed by atoms with van der Waals surface area (Å²) in [6.45, 7) is 7.25. The fourth-order valence-corrected chi connectivity index (χ4v) is 2.29. The van der Waals surface area contributed by atoms with Crippen LogP contribution in [0.1, 0.15) is 43.1 Å². The monoisotopic (exact) mass is 328 g/mol. The van der Waals surface area contributed by atoms with Crippen LogP contribution in [0.15, 0.2) is 48.5 Å². The highest BCUT2D eigenvalue weighted by Crippen LogP contribution is 2.28. The van der Waals surface area contributed by atoms with E-state index in [1.807, 2.05) is 12.1 Å². The Hall–Kier alpha value is -2.49. The number of carbonyl (C=O) groups is 1. The number of hydrogen-bond acceptors (Lipinski definition) is 3. The van der Waals surface area contributed by atoms with Crippen molar-refractivity contribution in [2.24, 2.45) is 0 Å². The van der Waals surface area contributed by atoms with Gasteiger partial charge in [0.15, 0.2) is 0 Å². The summed E-state index contributed by atoms with van der Waals surface area (Å²) in [7, 11) is 0. The van der Waals surface area contributed by atoms with Crippen molar-refractivity contribution in [3.8, 4) is 11.5 Å². The molecule has 2 aromatic rings. The van der Waals surface area contributed by atoms with E-state index in [9.17, 15) is 4.79 Å². The summed E-state index contributed by atoms with van der Waals surface area (Å²) in [6, 6.07) is 14.7. The maximum absolute atomic E-state index is 11.1. The first kappa shape index (κ1) is 17.9. The zero-order chi connectivity index (χ0) is 17.6. The van der Waals surface area contributed by atoms with Crippen molar-refractivity contribution in [2.75, 3.05) is 13.2 Å². The van der Waals surface area contributed by atoms with Gasteiger partial charge in [-0.2, -0.15) is 0 Å². The number of carboxylic acids is 1. The first-order valence-electron chi connectivity index (χ1n) is 8.12. The fourth-order valence-electron chi connectivity index (χ4n) is 2.29. The Morgan fingerprint density at radius 2 is 1.62 bits per heavy atom. The predicted octanol–water partition coefficient (Wildman–Crippen LogP) is 4.53. The molecule has 0 bridgehead atoms. The highest BCUT2D eigenvalue weighted by molar-refractivity contribution is 5.90. The van der Waals surface area contributed by atoms with E-state index in [1.54, 1.807) is 18.2 Å². The van der Waals surface area contributed by atoms with Gasteiger partial charge in [-0.15, -0.1) is 0 Å². The Morgan fingerprint density at radius 3 is 2.25 bits per heavy atom. The van der Waals surface area contributed by atoms with E-state index < -0.39 is 5.97 Å². The smallest absolute Gasteiger partial charge is 0.339 e. The van der Waals surface area contributed by atoms with Gasteiger partial charge >= 0.3 is 5.97 Å². The van der Waals surface area contributed by atoms with Crippen LogP contribution in [0, 0.1) is 0 Å². The number of para-hydroxylation sites is 1. The summed E-state index contributed by atoms with van der Waals surface area (Å²) >= 11 is 0. The summed E-state index contributed by atoms with van der Waals surface area (Å²) in [5.41, 5.74) is 1.59. The van der Waals surface area contributed by atoms with E-state index in [4.69, 9.17) is 14.6 Å². The number of benzene rings is 2. The minimum Gasteiger partial charge on any atom is -0.490 e. The van der Waals surface area contributed by atoms with Crippen molar-refractivity contribution in [2.45, 2.75) is 32.6 Å². The molecule has 0 aliphatic rings. The van der Waals surface area contributed by atoms with E-state index >= 15 is 0 Å². The second-order valence-corrected chi connectivity index (χ2v) is 6.26. The lowest BCUT2D eigenvalue weighted by molar-refractivity contribution is 0.0691. The molecule has 0 heterocycles. The minimum absolute atomic E-state index is 0.155. The maximum atomic E-state index is 11.1. The molecular formula is C20H24O4. The molecular weight excluding hydrogens is 304 g/mol. The zero-order valence-electron chi connectivity index (χ0n) is 14.4. The van der Waals surface area contributed by atoms with E-state index in [0.717, 1.165) is 12.2 Å². The molecule has 0 aliphatic heterocycles. The van der Waals surface area contributed by atoms with E-state index in [-0.39, 0.29) is 17.6 Å². The zero-order valence-corrected chi connectivity index (χ0v) is 14.4. The molecule has 0 radical (unpaired) electrons. The van der Waals surface area contributed by atoms with Gasteiger partial charge in [-0.1, -0.05) is 45.0 Å². The minimum atomic E-state index is -0.999. The van der Waals surface area contributed by atoms with Crippen LogP contribution < -0.4 is 9.47 Å². The maximum Gasteiger partial charge on any atom is 0.339 e. The molecule has 2 aromatic carbocycles. The third kappa shape index (κ3) is 4.51. The summed E-state index contributed by atoms with van der Waals surface area (Å²) in [5, 5.41) is 9.10. The summed E-state index contributed by atoms with van der Waals surface area (Å²) in [4.78, 5) is 11.1.